The number of nitrogens with one attached hydrogen (secondary N) is 1. The molecule has 1 atom stereocenters. The van der Waals surface area contributed by atoms with E-state index >= 15 is 0 Å². The molecule has 1 aliphatic carbocycles. The third-order valence-electron chi connectivity index (χ3n) is 3.18. The fourth-order valence-electron chi connectivity index (χ4n) is 2.17. The van der Waals surface area contributed by atoms with Crippen molar-refractivity contribution >= 4 is 6.08 Å². The number of rotatable bonds is 5. The highest BCUT2D eigenvalue weighted by molar-refractivity contribution is 5.48. The van der Waals surface area contributed by atoms with Crippen molar-refractivity contribution in [2.24, 2.45) is 5.92 Å². The highest BCUT2D eigenvalue weighted by atomic mass is 14.8. The maximum absolute atomic E-state index is 3.50. The number of allylic oxidation sites excluding steroid dienone is 2. The molecule has 0 aliphatic heterocycles. The minimum absolute atomic E-state index is 0.838. The van der Waals surface area contributed by atoms with Crippen LogP contribution in [0, 0.1) is 5.92 Å². The molecule has 1 aliphatic rings. The van der Waals surface area contributed by atoms with Crippen LogP contribution in [0.3, 0.4) is 0 Å². The lowest BCUT2D eigenvalue weighted by atomic mass is 9.94. The van der Waals surface area contributed by atoms with E-state index in [1.807, 2.05) is 6.07 Å². The van der Waals surface area contributed by atoms with E-state index in [0.717, 1.165) is 19.0 Å². The molecule has 0 fully saturated rings. The molecule has 0 amide bonds. The van der Waals surface area contributed by atoms with Gasteiger partial charge in [-0.1, -0.05) is 54.6 Å². The van der Waals surface area contributed by atoms with Crippen molar-refractivity contribution < 1.29 is 0 Å². The molecule has 1 aromatic carbocycles. The van der Waals surface area contributed by atoms with Gasteiger partial charge in [0.2, 0.25) is 0 Å². The Bertz CT molecular complexity index is 364. The molecule has 1 heteroatoms. The van der Waals surface area contributed by atoms with Crippen LogP contribution >= 0.6 is 0 Å². The van der Waals surface area contributed by atoms with Gasteiger partial charge in [0.15, 0.2) is 0 Å². The molecule has 1 nitrogen and oxygen atoms in total. The number of hydrogen-bond acceptors (Lipinski definition) is 1. The zero-order chi connectivity index (χ0) is 11.8. The Labute approximate surface area is 104 Å². The van der Waals surface area contributed by atoms with Crippen LogP contribution in [0.25, 0.3) is 6.08 Å². The van der Waals surface area contributed by atoms with Gasteiger partial charge in [0.1, 0.15) is 0 Å². The molecular formula is C16H21N. The monoisotopic (exact) mass is 227 g/mol. The van der Waals surface area contributed by atoms with E-state index in [9.17, 15) is 0 Å². The molecule has 1 aromatic rings. The highest BCUT2D eigenvalue weighted by Crippen LogP contribution is 2.16. The number of benzene rings is 1. The van der Waals surface area contributed by atoms with Gasteiger partial charge in [-0.15, -0.1) is 0 Å². The standard InChI is InChI=1S/C16H21N/c1-3-8-15(9-4-1)12-7-13-17-14-16-10-5-2-6-11-16/h1-5,7-9,12,16-17H,6,10-11,13-14H2. The molecule has 2 rings (SSSR count). The summed E-state index contributed by atoms with van der Waals surface area (Å²) in [5.74, 6) is 0.838. The molecule has 0 saturated carbocycles. The van der Waals surface area contributed by atoms with Gasteiger partial charge in [0.05, 0.1) is 0 Å². The quantitative estimate of drug-likeness (QED) is 0.598. The van der Waals surface area contributed by atoms with Gasteiger partial charge in [-0.25, -0.2) is 0 Å². The minimum Gasteiger partial charge on any atom is -0.313 e. The van der Waals surface area contributed by atoms with Gasteiger partial charge in [0.25, 0.3) is 0 Å². The van der Waals surface area contributed by atoms with Crippen molar-refractivity contribution in [2.45, 2.75) is 19.3 Å². The summed E-state index contributed by atoms with van der Waals surface area (Å²) in [7, 11) is 0. The van der Waals surface area contributed by atoms with Gasteiger partial charge in [-0.2, -0.15) is 0 Å². The first-order valence-corrected chi connectivity index (χ1v) is 6.52. The number of hydrogen-bond donors (Lipinski definition) is 1. The summed E-state index contributed by atoms with van der Waals surface area (Å²) < 4.78 is 0. The third-order valence-corrected chi connectivity index (χ3v) is 3.18. The van der Waals surface area contributed by atoms with Gasteiger partial charge < -0.3 is 5.32 Å². The van der Waals surface area contributed by atoms with Crippen molar-refractivity contribution in [3.05, 3.63) is 54.1 Å². The molecule has 0 heterocycles. The van der Waals surface area contributed by atoms with E-state index in [-0.39, 0.29) is 0 Å². The van der Waals surface area contributed by atoms with Crippen LogP contribution < -0.4 is 5.32 Å². The zero-order valence-corrected chi connectivity index (χ0v) is 10.3. The van der Waals surface area contributed by atoms with Crippen molar-refractivity contribution in [2.75, 3.05) is 13.1 Å². The Kier molecular flexibility index (Phi) is 5.05. The molecule has 90 valence electrons. The second kappa shape index (κ2) is 7.08. The normalized spacial score (nSPS) is 19.9. The minimum atomic E-state index is 0.838. The lowest BCUT2D eigenvalue weighted by Crippen LogP contribution is -2.23. The molecular weight excluding hydrogens is 206 g/mol. The summed E-state index contributed by atoms with van der Waals surface area (Å²) >= 11 is 0. The first kappa shape index (κ1) is 12.1. The summed E-state index contributed by atoms with van der Waals surface area (Å²) in [6, 6.07) is 10.4. The predicted molar refractivity (Wildman–Crippen MR) is 74.8 cm³/mol. The van der Waals surface area contributed by atoms with Crippen LogP contribution in [0.2, 0.25) is 0 Å². The average molecular weight is 227 g/mol. The third kappa shape index (κ3) is 4.58. The smallest absolute Gasteiger partial charge is 0.0138 e. The van der Waals surface area contributed by atoms with E-state index in [2.05, 4.69) is 53.9 Å². The summed E-state index contributed by atoms with van der Waals surface area (Å²) in [5, 5.41) is 3.50. The highest BCUT2D eigenvalue weighted by Gasteiger charge is 2.07. The Morgan fingerprint density at radius 1 is 1.18 bits per heavy atom. The Morgan fingerprint density at radius 3 is 2.82 bits per heavy atom. The largest absolute Gasteiger partial charge is 0.313 e. The second-order valence-electron chi connectivity index (χ2n) is 4.62. The molecule has 1 unspecified atom stereocenters. The molecule has 17 heavy (non-hydrogen) atoms. The first-order valence-electron chi connectivity index (χ1n) is 6.52. The topological polar surface area (TPSA) is 12.0 Å². The Morgan fingerprint density at radius 2 is 2.06 bits per heavy atom. The van der Waals surface area contributed by atoms with Crippen molar-refractivity contribution in [3.63, 3.8) is 0 Å². The van der Waals surface area contributed by atoms with Gasteiger partial charge in [-0.05, 0) is 37.3 Å². The molecule has 1 N–H and O–H groups in total. The summed E-state index contributed by atoms with van der Waals surface area (Å²) in [6.45, 7) is 2.11. The zero-order valence-electron chi connectivity index (χ0n) is 10.3. The van der Waals surface area contributed by atoms with Crippen LogP contribution in [-0.4, -0.2) is 13.1 Å². The van der Waals surface area contributed by atoms with E-state index in [4.69, 9.17) is 0 Å². The van der Waals surface area contributed by atoms with Crippen molar-refractivity contribution in [1.29, 1.82) is 0 Å². The van der Waals surface area contributed by atoms with Crippen molar-refractivity contribution in [1.82, 2.24) is 5.32 Å². The molecule has 0 aromatic heterocycles. The Hall–Kier alpha value is -1.34. The van der Waals surface area contributed by atoms with E-state index < -0.39 is 0 Å². The molecule has 0 saturated heterocycles. The summed E-state index contributed by atoms with van der Waals surface area (Å²) in [4.78, 5) is 0. The lowest BCUT2D eigenvalue weighted by molar-refractivity contribution is 0.451. The van der Waals surface area contributed by atoms with Gasteiger partial charge in [0, 0.05) is 6.54 Å². The Balaban J connectivity index is 1.63. The van der Waals surface area contributed by atoms with Gasteiger partial charge >= 0.3 is 0 Å². The first-order chi connectivity index (χ1) is 8.45. The average Bonchev–Trinajstić information content (AvgIpc) is 2.41. The van der Waals surface area contributed by atoms with Gasteiger partial charge in [-0.3, -0.25) is 0 Å². The lowest BCUT2D eigenvalue weighted by Gasteiger charge is -2.17. The van der Waals surface area contributed by atoms with Crippen molar-refractivity contribution in [3.8, 4) is 0 Å². The van der Waals surface area contributed by atoms with Crippen LogP contribution in [-0.2, 0) is 0 Å². The van der Waals surface area contributed by atoms with E-state index in [1.54, 1.807) is 0 Å². The van der Waals surface area contributed by atoms with Crippen LogP contribution in [0.5, 0.6) is 0 Å². The molecule has 0 radical (unpaired) electrons. The SMILES string of the molecule is C1=CCC(CNCC=Cc2ccccc2)CC1. The maximum Gasteiger partial charge on any atom is 0.0138 e. The van der Waals surface area contributed by atoms with E-state index in [0.29, 0.717) is 0 Å². The second-order valence-corrected chi connectivity index (χ2v) is 4.62. The molecule has 0 bridgehead atoms. The summed E-state index contributed by atoms with van der Waals surface area (Å²) in [5.41, 5.74) is 1.27. The van der Waals surface area contributed by atoms with Crippen LogP contribution in [0.1, 0.15) is 24.8 Å². The van der Waals surface area contributed by atoms with E-state index in [1.165, 1.54) is 24.8 Å². The van der Waals surface area contributed by atoms with Crippen LogP contribution in [0.15, 0.2) is 48.6 Å². The summed E-state index contributed by atoms with van der Waals surface area (Å²) in [6.07, 6.45) is 12.8. The van der Waals surface area contributed by atoms with Crippen LogP contribution in [0.4, 0.5) is 0 Å². The fraction of sp³-hybridized carbons (Fsp3) is 0.375. The predicted octanol–water partition coefficient (Wildman–Crippen LogP) is 3.65. The fourth-order valence-corrected chi connectivity index (χ4v) is 2.17. The molecule has 0 spiro atoms. The maximum atomic E-state index is 3.50.